The molecule has 0 N–H and O–H groups in total. The van der Waals surface area contributed by atoms with Crippen LogP contribution in [0.4, 0.5) is 34.1 Å². The van der Waals surface area contributed by atoms with E-state index in [4.69, 9.17) is 0 Å². The zero-order valence-corrected chi connectivity index (χ0v) is 55.7. The SMILES string of the molecule is CC(C)(C)c1cc(-c2ccccc2)c(N2c3cc(-n4c5c(c6c4CCC6)CCCC5)ccc3B3c4ccc(-n5c6c(c7ccccc75)CCC6)cc4N(c4c(-c5ccccc5)cc(C(C)(C)C)cc4-c4ccccc4)c4cc(C(C)(C)C)cc2c43)c(-c2ccccc2)c1. The van der Waals surface area contributed by atoms with Gasteiger partial charge in [0.25, 0.3) is 6.71 Å². The van der Waals surface area contributed by atoms with Gasteiger partial charge in [-0.15, -0.1) is 0 Å². The molecule has 0 saturated heterocycles. The van der Waals surface area contributed by atoms with Crippen molar-refractivity contribution in [2.75, 3.05) is 9.80 Å². The maximum atomic E-state index is 2.79. The van der Waals surface area contributed by atoms with Gasteiger partial charge in [0.05, 0.1) is 16.9 Å². The number of nitrogens with zero attached hydrogens (tertiary/aromatic N) is 4. The highest BCUT2D eigenvalue weighted by molar-refractivity contribution is 7.00. The summed E-state index contributed by atoms with van der Waals surface area (Å²) in [6.07, 6.45) is 11.7. The van der Waals surface area contributed by atoms with Crippen molar-refractivity contribution in [2.24, 2.45) is 0 Å². The van der Waals surface area contributed by atoms with Crippen LogP contribution in [0.3, 0.4) is 0 Å². The van der Waals surface area contributed by atoms with E-state index < -0.39 is 0 Å². The van der Waals surface area contributed by atoms with Crippen LogP contribution in [0.15, 0.2) is 218 Å². The van der Waals surface area contributed by atoms with Gasteiger partial charge in [-0.2, -0.15) is 0 Å². The molecule has 0 unspecified atom stereocenters. The highest BCUT2D eigenvalue weighted by Crippen LogP contribution is 2.56. The fourth-order valence-corrected chi connectivity index (χ4v) is 17.0. The van der Waals surface area contributed by atoms with Crippen molar-refractivity contribution >= 4 is 68.1 Å². The largest absolute Gasteiger partial charge is 0.317 e. The Morgan fingerprint density at radius 3 is 1.11 bits per heavy atom. The van der Waals surface area contributed by atoms with Crippen molar-refractivity contribution < 1.29 is 0 Å². The van der Waals surface area contributed by atoms with Crippen molar-refractivity contribution in [3.63, 3.8) is 0 Å². The van der Waals surface area contributed by atoms with Crippen molar-refractivity contribution in [1.82, 2.24) is 9.13 Å². The van der Waals surface area contributed by atoms with Gasteiger partial charge < -0.3 is 18.9 Å². The minimum absolute atomic E-state index is 0.135. The zero-order valence-electron chi connectivity index (χ0n) is 55.7. The third-order valence-electron chi connectivity index (χ3n) is 21.6. The molecular formula is C88H83BN4. The lowest BCUT2D eigenvalue weighted by atomic mass is 9.33. The van der Waals surface area contributed by atoms with E-state index in [1.54, 1.807) is 22.5 Å². The van der Waals surface area contributed by atoms with Gasteiger partial charge in [-0.3, -0.25) is 0 Å². The molecule has 0 bridgehead atoms. The predicted octanol–water partition coefficient (Wildman–Crippen LogP) is 20.9. The molecule has 5 aliphatic rings. The summed E-state index contributed by atoms with van der Waals surface area (Å²) in [5, 5.41) is 1.38. The van der Waals surface area contributed by atoms with Gasteiger partial charge in [0.1, 0.15) is 0 Å². The van der Waals surface area contributed by atoms with E-state index in [1.165, 1.54) is 184 Å². The molecule has 17 rings (SSSR count). The van der Waals surface area contributed by atoms with E-state index in [1.807, 2.05) is 0 Å². The van der Waals surface area contributed by atoms with Crippen LogP contribution >= 0.6 is 0 Å². The summed E-state index contributed by atoms with van der Waals surface area (Å²) in [6, 6.07) is 85.2. The fourth-order valence-electron chi connectivity index (χ4n) is 17.0. The van der Waals surface area contributed by atoms with Gasteiger partial charge in [-0.05, 0) is 219 Å². The second-order valence-corrected chi connectivity index (χ2v) is 30.5. The number of benzene rings is 10. The normalized spacial score (nSPS) is 14.9. The number of hydrogen-bond acceptors (Lipinski definition) is 2. The lowest BCUT2D eigenvalue weighted by Crippen LogP contribution is -2.61. The second kappa shape index (κ2) is 21.6. The minimum atomic E-state index is -0.265. The summed E-state index contributed by atoms with van der Waals surface area (Å²) < 4.78 is 5.40. The molecular weight excluding hydrogens is 1120 g/mol. The van der Waals surface area contributed by atoms with E-state index in [2.05, 4.69) is 300 Å². The van der Waals surface area contributed by atoms with E-state index in [9.17, 15) is 0 Å². The molecule has 0 atom stereocenters. The molecule has 0 spiro atoms. The van der Waals surface area contributed by atoms with Crippen molar-refractivity contribution in [3.05, 3.63) is 269 Å². The van der Waals surface area contributed by atoms with Gasteiger partial charge in [0, 0.05) is 78.8 Å². The molecule has 4 nitrogen and oxygen atoms in total. The van der Waals surface area contributed by atoms with Crippen molar-refractivity contribution in [3.8, 4) is 55.9 Å². The van der Waals surface area contributed by atoms with Crippen LogP contribution in [0.2, 0.25) is 0 Å². The first-order chi connectivity index (χ1) is 45.1. The average molecular weight is 1210 g/mol. The van der Waals surface area contributed by atoms with Gasteiger partial charge in [-0.1, -0.05) is 214 Å². The Bertz CT molecular complexity index is 4850. The predicted molar refractivity (Wildman–Crippen MR) is 395 cm³/mol. The zero-order chi connectivity index (χ0) is 63.2. The van der Waals surface area contributed by atoms with Gasteiger partial charge in [0.15, 0.2) is 0 Å². The number of para-hydroxylation sites is 1. The first kappa shape index (κ1) is 57.6. The smallest absolute Gasteiger partial charge is 0.252 e. The third-order valence-corrected chi connectivity index (χ3v) is 21.6. The van der Waals surface area contributed by atoms with Crippen LogP contribution in [0.25, 0.3) is 66.8 Å². The molecule has 0 fully saturated rings. The molecule has 2 aliphatic heterocycles. The lowest BCUT2D eigenvalue weighted by Gasteiger charge is -2.47. The van der Waals surface area contributed by atoms with Gasteiger partial charge >= 0.3 is 0 Å². The molecule has 2 aromatic heterocycles. The second-order valence-electron chi connectivity index (χ2n) is 30.5. The lowest BCUT2D eigenvalue weighted by molar-refractivity contribution is 0.590. The van der Waals surface area contributed by atoms with Gasteiger partial charge in [-0.25, -0.2) is 0 Å². The minimum Gasteiger partial charge on any atom is -0.317 e. The number of anilines is 6. The molecule has 5 heteroatoms. The Balaban J connectivity index is 1.06. The van der Waals surface area contributed by atoms with Crippen molar-refractivity contribution in [1.29, 1.82) is 0 Å². The Morgan fingerprint density at radius 2 is 0.667 bits per heavy atom. The summed E-state index contributed by atoms with van der Waals surface area (Å²) in [5.41, 5.74) is 37.4. The first-order valence-electron chi connectivity index (χ1n) is 34.6. The quantitative estimate of drug-likeness (QED) is 0.141. The molecule has 12 aromatic rings. The van der Waals surface area contributed by atoms with Crippen LogP contribution < -0.4 is 26.2 Å². The molecule has 0 amide bonds. The molecule has 0 radical (unpaired) electrons. The van der Waals surface area contributed by atoms with E-state index in [0.717, 1.165) is 25.7 Å². The Kier molecular flexibility index (Phi) is 13.4. The maximum absolute atomic E-state index is 2.79. The Morgan fingerprint density at radius 1 is 0.312 bits per heavy atom. The number of hydrogen-bond donors (Lipinski definition) is 0. The molecule has 10 aromatic carbocycles. The van der Waals surface area contributed by atoms with Crippen LogP contribution in [0, 0.1) is 0 Å². The summed E-state index contributed by atoms with van der Waals surface area (Å²) in [5.74, 6) is 0. The Labute approximate surface area is 551 Å². The molecule has 4 heterocycles. The number of aromatic nitrogens is 2. The van der Waals surface area contributed by atoms with Crippen LogP contribution in [-0.2, 0) is 54.8 Å². The standard InChI is InChI=1S/C88H83BN4/c1-86(2,3)60-48-69(56-28-14-10-15-29-56)84(70(49-60)57-30-16-11-17-31-57)92-79-54-63(90-75-40-24-22-36-65(75)67-38-26-42-77(67)90)44-46-73(79)89-74-47-45-64(91-76-41-25-23-37-66(76)68-39-27-43-78(68)91)55-80(74)93(82-53-62(88(7,8)9)52-81(92)83(82)89)85-71(58-32-18-12-19-33-58)50-61(87(4,5)6)51-72(85)59-34-20-13-21-35-59/h10-22,24,28-36,40,44-55H,23,25-27,37-39,41-43H2,1-9H3. The topological polar surface area (TPSA) is 16.3 Å². The summed E-state index contributed by atoms with van der Waals surface area (Å²) in [4.78, 5) is 5.57. The Hall–Kier alpha value is -9.32. The fraction of sp³-hybridized carbons (Fsp3) is 0.250. The first-order valence-corrected chi connectivity index (χ1v) is 34.6. The summed E-state index contributed by atoms with van der Waals surface area (Å²) in [6.45, 7) is 21.4. The van der Waals surface area contributed by atoms with Gasteiger partial charge in [0.2, 0.25) is 0 Å². The molecule has 0 saturated carbocycles. The van der Waals surface area contributed by atoms with Crippen LogP contribution in [0.1, 0.15) is 138 Å². The van der Waals surface area contributed by atoms with E-state index in [-0.39, 0.29) is 23.0 Å². The van der Waals surface area contributed by atoms with E-state index in [0.29, 0.717) is 0 Å². The average Bonchev–Trinajstić information content (AvgIpc) is 1.66. The van der Waals surface area contributed by atoms with Crippen LogP contribution in [0.5, 0.6) is 0 Å². The summed E-state index contributed by atoms with van der Waals surface area (Å²) >= 11 is 0. The highest BCUT2D eigenvalue weighted by Gasteiger charge is 2.47. The number of rotatable bonds is 8. The number of fused-ring (bicyclic) bond motifs is 10. The molecule has 3 aliphatic carbocycles. The monoisotopic (exact) mass is 1210 g/mol. The maximum Gasteiger partial charge on any atom is 0.252 e. The number of aryl methyl sites for hydroxylation is 1. The molecule has 93 heavy (non-hydrogen) atoms. The third kappa shape index (κ3) is 9.29. The van der Waals surface area contributed by atoms with Crippen molar-refractivity contribution in [2.45, 2.75) is 143 Å². The summed E-state index contributed by atoms with van der Waals surface area (Å²) in [7, 11) is 0. The van der Waals surface area contributed by atoms with Crippen LogP contribution in [-0.4, -0.2) is 15.8 Å². The van der Waals surface area contributed by atoms with E-state index >= 15 is 0 Å². The highest BCUT2D eigenvalue weighted by atomic mass is 15.2. The molecule has 458 valence electrons.